The third-order valence-corrected chi connectivity index (χ3v) is 8.17. The van der Waals surface area contributed by atoms with Crippen molar-refractivity contribution in [3.63, 3.8) is 0 Å². The number of nitrogens with one attached hydrogen (secondary N) is 3. The highest BCUT2D eigenvalue weighted by molar-refractivity contribution is 5.98. The Balaban J connectivity index is 1.48. The van der Waals surface area contributed by atoms with Gasteiger partial charge in [0, 0.05) is 26.1 Å². The summed E-state index contributed by atoms with van der Waals surface area (Å²) in [6, 6.07) is 12.3. The van der Waals surface area contributed by atoms with Gasteiger partial charge in [-0.15, -0.1) is 0 Å². The molecule has 0 spiro atoms. The Kier molecular flexibility index (Phi) is 12.3. The lowest BCUT2D eigenvalue weighted by Crippen LogP contribution is -2.57. The van der Waals surface area contributed by atoms with Crippen LogP contribution in [0, 0.1) is 0 Å². The smallest absolute Gasteiger partial charge is 0.243 e. The lowest BCUT2D eigenvalue weighted by atomic mass is 9.93. The van der Waals surface area contributed by atoms with E-state index in [1.807, 2.05) is 55.4 Å². The van der Waals surface area contributed by atoms with Crippen LogP contribution in [0.5, 0.6) is 5.75 Å². The third-order valence-electron chi connectivity index (χ3n) is 8.17. The van der Waals surface area contributed by atoms with E-state index in [0.717, 1.165) is 23.2 Å². The van der Waals surface area contributed by atoms with Gasteiger partial charge in [-0.05, 0) is 63.2 Å². The molecule has 2 aliphatic rings. The molecule has 250 valence electrons. The fourth-order valence-corrected chi connectivity index (χ4v) is 5.30. The minimum Gasteiger partial charge on any atom is -0.497 e. The van der Waals surface area contributed by atoms with E-state index in [-0.39, 0.29) is 37.7 Å². The molecule has 0 radical (unpaired) electrons. The molecule has 2 aliphatic heterocycles. The molecule has 2 aromatic carbocycles. The van der Waals surface area contributed by atoms with Gasteiger partial charge in [0.15, 0.2) is 5.78 Å². The van der Waals surface area contributed by atoms with Crippen molar-refractivity contribution in [1.82, 2.24) is 25.8 Å². The molecule has 2 heterocycles. The molecule has 0 bridgehead atoms. The lowest BCUT2D eigenvalue weighted by molar-refractivity contribution is -0.134. The van der Waals surface area contributed by atoms with Gasteiger partial charge in [0.05, 0.1) is 39.5 Å². The number of hydrogen-bond donors (Lipinski definition) is 3. The number of morpholine rings is 1. The van der Waals surface area contributed by atoms with Gasteiger partial charge in [0.25, 0.3) is 0 Å². The Morgan fingerprint density at radius 1 is 0.870 bits per heavy atom. The summed E-state index contributed by atoms with van der Waals surface area (Å²) in [6.07, 6.45) is 0.424. The second-order valence-electron chi connectivity index (χ2n) is 12.5. The van der Waals surface area contributed by atoms with E-state index in [1.54, 1.807) is 33.1 Å². The van der Waals surface area contributed by atoms with E-state index in [2.05, 4.69) is 20.9 Å². The van der Waals surface area contributed by atoms with Gasteiger partial charge in [-0.2, -0.15) is 0 Å². The topological polar surface area (TPSA) is 142 Å². The molecule has 12 nitrogen and oxygen atoms in total. The number of ketones is 1. The molecular weight excluding hydrogens is 590 g/mol. The summed E-state index contributed by atoms with van der Waals surface area (Å²) in [6.45, 7) is 6.91. The first kappa shape index (κ1) is 35.0. The number of amides is 3. The van der Waals surface area contributed by atoms with Crippen molar-refractivity contribution >= 4 is 23.5 Å². The Morgan fingerprint density at radius 2 is 1.41 bits per heavy atom. The first-order valence-corrected chi connectivity index (χ1v) is 15.7. The van der Waals surface area contributed by atoms with Gasteiger partial charge in [0.2, 0.25) is 17.7 Å². The summed E-state index contributed by atoms with van der Waals surface area (Å²) >= 11 is 0. The van der Waals surface area contributed by atoms with Gasteiger partial charge >= 0.3 is 0 Å². The molecule has 4 atom stereocenters. The van der Waals surface area contributed by atoms with Crippen LogP contribution in [0.4, 0.5) is 0 Å². The zero-order chi connectivity index (χ0) is 33.3. The third kappa shape index (κ3) is 10.3. The number of nitrogens with zero attached hydrogens (tertiary/aromatic N) is 2. The highest BCUT2D eigenvalue weighted by Gasteiger charge is 2.50. The van der Waals surface area contributed by atoms with E-state index < -0.39 is 35.5 Å². The molecule has 0 unspecified atom stereocenters. The molecule has 4 rings (SSSR count). The zero-order valence-corrected chi connectivity index (χ0v) is 27.5. The number of benzene rings is 2. The van der Waals surface area contributed by atoms with Gasteiger partial charge in [0.1, 0.15) is 23.4 Å². The molecule has 46 heavy (non-hydrogen) atoms. The number of epoxide rings is 1. The monoisotopic (exact) mass is 637 g/mol. The fraction of sp³-hybridized carbons (Fsp3) is 0.529. The number of methoxy groups -OCH3 is 1. The Labute approximate surface area is 271 Å². The number of carbonyl (C=O) groups is 4. The second kappa shape index (κ2) is 16.1. The molecule has 12 heteroatoms. The van der Waals surface area contributed by atoms with Crippen LogP contribution in [-0.2, 0) is 48.0 Å². The van der Waals surface area contributed by atoms with E-state index in [1.165, 1.54) is 0 Å². The first-order valence-electron chi connectivity index (χ1n) is 15.7. The van der Waals surface area contributed by atoms with Crippen LogP contribution < -0.4 is 20.7 Å². The molecular formula is C34H47N5O7. The van der Waals surface area contributed by atoms with Crippen LogP contribution in [-0.4, -0.2) is 118 Å². The van der Waals surface area contributed by atoms with Crippen LogP contribution in [0.15, 0.2) is 48.5 Å². The summed E-state index contributed by atoms with van der Waals surface area (Å²) in [5.41, 5.74) is 1.84. The number of ether oxygens (including phenoxy) is 3. The van der Waals surface area contributed by atoms with Crippen LogP contribution >= 0.6 is 0 Å². The number of Topliss-reactive ketones (excluding diaryl/α,β-unsaturated/α-hetero) is 1. The molecule has 0 aromatic heterocycles. The van der Waals surface area contributed by atoms with Crippen LogP contribution in [0.1, 0.15) is 30.5 Å². The van der Waals surface area contributed by atoms with E-state index in [9.17, 15) is 19.2 Å². The van der Waals surface area contributed by atoms with Gasteiger partial charge < -0.3 is 35.1 Å². The highest BCUT2D eigenvalue weighted by atomic mass is 16.6. The maximum atomic E-state index is 13.9. The van der Waals surface area contributed by atoms with Crippen molar-refractivity contribution in [2.24, 2.45) is 0 Å². The predicted octanol–water partition coefficient (Wildman–Crippen LogP) is 0.707. The average Bonchev–Trinajstić information content (AvgIpc) is 3.79. The van der Waals surface area contributed by atoms with Crippen molar-refractivity contribution in [3.8, 4) is 5.75 Å². The minimum absolute atomic E-state index is 0.150. The predicted molar refractivity (Wildman–Crippen MR) is 172 cm³/mol. The zero-order valence-electron chi connectivity index (χ0n) is 27.5. The molecule has 2 aromatic rings. The van der Waals surface area contributed by atoms with Gasteiger partial charge in [-0.1, -0.05) is 36.4 Å². The van der Waals surface area contributed by atoms with Crippen molar-refractivity contribution < 1.29 is 33.4 Å². The van der Waals surface area contributed by atoms with Crippen molar-refractivity contribution in [2.75, 3.05) is 60.7 Å². The van der Waals surface area contributed by atoms with Crippen molar-refractivity contribution in [3.05, 3.63) is 65.2 Å². The maximum Gasteiger partial charge on any atom is 0.243 e. The average molecular weight is 638 g/mol. The van der Waals surface area contributed by atoms with E-state index in [0.29, 0.717) is 32.1 Å². The number of hydrogen-bond acceptors (Lipinski definition) is 9. The normalized spacial score (nSPS) is 19.9. The van der Waals surface area contributed by atoms with Crippen LogP contribution in [0.2, 0.25) is 0 Å². The molecule has 2 fully saturated rings. The Morgan fingerprint density at radius 3 is 1.98 bits per heavy atom. The van der Waals surface area contributed by atoms with Gasteiger partial charge in [-0.3, -0.25) is 24.1 Å². The second-order valence-corrected chi connectivity index (χ2v) is 12.5. The summed E-state index contributed by atoms with van der Waals surface area (Å²) < 4.78 is 16.0. The molecule has 0 saturated carbocycles. The van der Waals surface area contributed by atoms with Crippen molar-refractivity contribution in [2.45, 2.75) is 57.0 Å². The summed E-state index contributed by atoms with van der Waals surface area (Å²) in [7, 11) is 5.56. The quantitative estimate of drug-likeness (QED) is 0.227. The van der Waals surface area contributed by atoms with Crippen LogP contribution in [0.3, 0.4) is 0 Å². The molecule has 0 aliphatic carbocycles. The fourth-order valence-electron chi connectivity index (χ4n) is 5.30. The minimum atomic E-state index is -1.02. The van der Waals surface area contributed by atoms with E-state index >= 15 is 0 Å². The van der Waals surface area contributed by atoms with E-state index in [4.69, 9.17) is 14.2 Å². The standard InChI is InChI=1S/C34H47N5O7/c1-23(35-30(40)21-39-14-16-45-17-15-39)32(42)37-29(19-25-10-12-27(44-5)13-11-25)33(43)36-28(31(41)34(2)22-46-34)18-24-6-8-26(9-7-24)20-38(3)4/h6-13,23,28-29H,14-22H2,1-5H3,(H,35,40)(H,36,43)(H,37,42)/t23-,28-,29-,34+/m0/s1. The SMILES string of the molecule is COc1ccc(C[C@H](NC(=O)[C@H](C)NC(=O)CN2CCOCC2)C(=O)N[C@@H](Cc2ccc(CN(C)C)cc2)C(=O)[C@@]2(C)CO2)cc1. The number of carbonyl (C=O) groups excluding carboxylic acids is 4. The van der Waals surface area contributed by atoms with Crippen molar-refractivity contribution in [1.29, 1.82) is 0 Å². The first-order chi connectivity index (χ1) is 22.0. The lowest BCUT2D eigenvalue weighted by Gasteiger charge is -2.27. The molecule has 3 N–H and O–H groups in total. The summed E-state index contributed by atoms with van der Waals surface area (Å²) in [5, 5.41) is 8.46. The summed E-state index contributed by atoms with van der Waals surface area (Å²) in [4.78, 5) is 57.4. The Hall–Kier alpha value is -3.84. The Bertz CT molecular complexity index is 1340. The molecule has 2 saturated heterocycles. The highest BCUT2D eigenvalue weighted by Crippen LogP contribution is 2.29. The summed E-state index contributed by atoms with van der Waals surface area (Å²) in [5.74, 6) is -0.883. The number of rotatable bonds is 16. The van der Waals surface area contributed by atoms with Gasteiger partial charge in [-0.25, -0.2) is 0 Å². The largest absolute Gasteiger partial charge is 0.497 e. The van der Waals surface area contributed by atoms with Crippen LogP contribution in [0.25, 0.3) is 0 Å². The maximum absolute atomic E-state index is 13.9. The molecule has 3 amide bonds.